The maximum Gasteiger partial charge on any atom is 0.274 e. The fourth-order valence-electron chi connectivity index (χ4n) is 2.72. The molecule has 0 atom stereocenters. The molecular weight excluding hydrogens is 324 g/mol. The van der Waals surface area contributed by atoms with E-state index in [1.54, 1.807) is 12.3 Å². The minimum Gasteiger partial charge on any atom is -0.324 e. The van der Waals surface area contributed by atoms with Crippen LogP contribution < -0.4 is 10.6 Å². The third-order valence-corrected chi connectivity index (χ3v) is 4.08. The topological polar surface area (TPSA) is 66.9 Å². The van der Waals surface area contributed by atoms with Crippen molar-refractivity contribution in [2.24, 2.45) is 0 Å². The van der Waals surface area contributed by atoms with Gasteiger partial charge < -0.3 is 10.6 Å². The summed E-state index contributed by atoms with van der Waals surface area (Å²) in [5.41, 5.74) is 4.33. The van der Waals surface area contributed by atoms with Crippen molar-refractivity contribution in [3.63, 3.8) is 0 Å². The van der Waals surface area contributed by atoms with E-state index in [4.69, 9.17) is 0 Å². The second-order valence-corrected chi connectivity index (χ2v) is 6.40. The first kappa shape index (κ1) is 17.6. The summed E-state index contributed by atoms with van der Waals surface area (Å²) in [5, 5.41) is 6.11. The van der Waals surface area contributed by atoms with Gasteiger partial charge in [0.25, 0.3) is 5.91 Å². The molecule has 3 aromatic rings. The molecular formula is C21H22N4O. The Bertz CT molecular complexity index is 907. The van der Waals surface area contributed by atoms with Crippen LogP contribution in [0.4, 0.5) is 17.3 Å². The van der Waals surface area contributed by atoms with E-state index in [2.05, 4.69) is 40.5 Å². The molecule has 5 heteroatoms. The number of rotatable bonds is 5. The van der Waals surface area contributed by atoms with Gasteiger partial charge in [0.15, 0.2) is 0 Å². The second kappa shape index (κ2) is 7.78. The van der Waals surface area contributed by atoms with Crippen molar-refractivity contribution in [3.8, 4) is 0 Å². The summed E-state index contributed by atoms with van der Waals surface area (Å²) in [6.07, 6.45) is 1.59. The van der Waals surface area contributed by atoms with Crippen molar-refractivity contribution >= 4 is 23.2 Å². The summed E-state index contributed by atoms with van der Waals surface area (Å²) >= 11 is 0. The SMILES string of the molecule is Cc1cccc(C(C)C)c1Nc1nccc(C(=O)Nc2ccccc2)n1. The van der Waals surface area contributed by atoms with E-state index in [0.29, 0.717) is 17.6 Å². The Hall–Kier alpha value is -3.21. The third-order valence-electron chi connectivity index (χ3n) is 4.08. The number of anilines is 3. The normalized spacial score (nSPS) is 10.6. The molecule has 0 aliphatic heterocycles. The second-order valence-electron chi connectivity index (χ2n) is 6.40. The number of amides is 1. The van der Waals surface area contributed by atoms with E-state index in [-0.39, 0.29) is 5.91 Å². The molecule has 132 valence electrons. The Labute approximate surface area is 153 Å². The molecule has 0 aliphatic rings. The van der Waals surface area contributed by atoms with Gasteiger partial charge in [-0.15, -0.1) is 0 Å². The van der Waals surface area contributed by atoms with Crippen LogP contribution in [0.5, 0.6) is 0 Å². The summed E-state index contributed by atoms with van der Waals surface area (Å²) in [4.78, 5) is 21.1. The Morgan fingerprint density at radius 3 is 2.50 bits per heavy atom. The van der Waals surface area contributed by atoms with Crippen molar-refractivity contribution in [1.29, 1.82) is 0 Å². The quantitative estimate of drug-likeness (QED) is 0.689. The van der Waals surface area contributed by atoms with E-state index in [1.807, 2.05) is 49.4 Å². The van der Waals surface area contributed by atoms with Gasteiger partial charge in [-0.3, -0.25) is 4.79 Å². The Balaban J connectivity index is 1.83. The number of carbonyl (C=O) groups excluding carboxylic acids is 1. The fraction of sp³-hybridized carbons (Fsp3) is 0.190. The van der Waals surface area contributed by atoms with Crippen LogP contribution in [-0.2, 0) is 0 Å². The number of para-hydroxylation sites is 2. The maximum atomic E-state index is 12.4. The zero-order chi connectivity index (χ0) is 18.5. The van der Waals surface area contributed by atoms with Crippen LogP contribution in [0, 0.1) is 6.92 Å². The molecule has 2 N–H and O–H groups in total. The molecule has 0 bridgehead atoms. The predicted octanol–water partition coefficient (Wildman–Crippen LogP) is 4.90. The average Bonchev–Trinajstić information content (AvgIpc) is 2.64. The maximum absolute atomic E-state index is 12.4. The van der Waals surface area contributed by atoms with Crippen LogP contribution in [0.2, 0.25) is 0 Å². The monoisotopic (exact) mass is 346 g/mol. The lowest BCUT2D eigenvalue weighted by molar-refractivity contribution is 0.102. The van der Waals surface area contributed by atoms with Crippen molar-refractivity contribution in [2.75, 3.05) is 10.6 Å². The number of nitrogens with zero attached hydrogens (tertiary/aromatic N) is 2. The zero-order valence-corrected chi connectivity index (χ0v) is 15.2. The molecule has 0 radical (unpaired) electrons. The highest BCUT2D eigenvalue weighted by atomic mass is 16.1. The Morgan fingerprint density at radius 1 is 1.00 bits per heavy atom. The molecule has 0 spiro atoms. The van der Waals surface area contributed by atoms with Gasteiger partial charge in [-0.25, -0.2) is 9.97 Å². The lowest BCUT2D eigenvalue weighted by atomic mass is 9.98. The number of hydrogen-bond donors (Lipinski definition) is 2. The van der Waals surface area contributed by atoms with Gasteiger partial charge in [-0.1, -0.05) is 50.2 Å². The highest BCUT2D eigenvalue weighted by Gasteiger charge is 2.13. The molecule has 0 fully saturated rings. The van der Waals surface area contributed by atoms with Crippen LogP contribution in [0.1, 0.15) is 41.4 Å². The van der Waals surface area contributed by atoms with Gasteiger partial charge in [0.1, 0.15) is 5.69 Å². The zero-order valence-electron chi connectivity index (χ0n) is 15.2. The smallest absolute Gasteiger partial charge is 0.274 e. The van der Waals surface area contributed by atoms with Crippen molar-refractivity contribution < 1.29 is 4.79 Å². The van der Waals surface area contributed by atoms with E-state index in [9.17, 15) is 4.79 Å². The van der Waals surface area contributed by atoms with Gasteiger partial charge in [0, 0.05) is 17.6 Å². The van der Waals surface area contributed by atoms with Crippen molar-refractivity contribution in [2.45, 2.75) is 26.7 Å². The molecule has 0 saturated heterocycles. The van der Waals surface area contributed by atoms with Gasteiger partial charge in [0.05, 0.1) is 0 Å². The summed E-state index contributed by atoms with van der Waals surface area (Å²) in [6.45, 7) is 6.33. The average molecular weight is 346 g/mol. The van der Waals surface area contributed by atoms with Crippen LogP contribution >= 0.6 is 0 Å². The number of aromatic nitrogens is 2. The first-order chi connectivity index (χ1) is 12.5. The van der Waals surface area contributed by atoms with E-state index >= 15 is 0 Å². The van der Waals surface area contributed by atoms with Crippen LogP contribution in [0.25, 0.3) is 0 Å². The Morgan fingerprint density at radius 2 is 1.77 bits per heavy atom. The van der Waals surface area contributed by atoms with Crippen LogP contribution in [-0.4, -0.2) is 15.9 Å². The number of nitrogens with one attached hydrogen (secondary N) is 2. The molecule has 2 aromatic carbocycles. The molecule has 1 amide bonds. The summed E-state index contributed by atoms with van der Waals surface area (Å²) in [7, 11) is 0. The first-order valence-electron chi connectivity index (χ1n) is 8.60. The molecule has 26 heavy (non-hydrogen) atoms. The largest absolute Gasteiger partial charge is 0.324 e. The van der Waals surface area contributed by atoms with Gasteiger partial charge in [0.2, 0.25) is 5.95 Å². The first-order valence-corrected chi connectivity index (χ1v) is 8.60. The molecule has 5 nitrogen and oxygen atoms in total. The van der Waals surface area contributed by atoms with Gasteiger partial charge in [-0.2, -0.15) is 0 Å². The number of aryl methyl sites for hydroxylation is 1. The van der Waals surface area contributed by atoms with Gasteiger partial charge >= 0.3 is 0 Å². The predicted molar refractivity (Wildman–Crippen MR) is 105 cm³/mol. The number of benzene rings is 2. The molecule has 0 aliphatic carbocycles. The van der Waals surface area contributed by atoms with Crippen molar-refractivity contribution in [1.82, 2.24) is 9.97 Å². The highest BCUT2D eigenvalue weighted by Crippen LogP contribution is 2.29. The third kappa shape index (κ3) is 4.06. The van der Waals surface area contributed by atoms with E-state index in [1.165, 1.54) is 5.56 Å². The lowest BCUT2D eigenvalue weighted by Crippen LogP contribution is -2.15. The highest BCUT2D eigenvalue weighted by molar-refractivity contribution is 6.02. The van der Waals surface area contributed by atoms with E-state index < -0.39 is 0 Å². The van der Waals surface area contributed by atoms with Crippen LogP contribution in [0.3, 0.4) is 0 Å². The summed E-state index contributed by atoms with van der Waals surface area (Å²) in [6, 6.07) is 17.1. The molecule has 1 heterocycles. The number of carbonyl (C=O) groups is 1. The summed E-state index contributed by atoms with van der Waals surface area (Å²) in [5.74, 6) is 0.499. The lowest BCUT2D eigenvalue weighted by Gasteiger charge is -2.16. The Kier molecular flexibility index (Phi) is 5.27. The fourth-order valence-corrected chi connectivity index (χ4v) is 2.72. The van der Waals surface area contributed by atoms with Crippen molar-refractivity contribution in [3.05, 3.63) is 77.6 Å². The van der Waals surface area contributed by atoms with E-state index in [0.717, 1.165) is 16.9 Å². The van der Waals surface area contributed by atoms with Crippen LogP contribution in [0.15, 0.2) is 60.8 Å². The molecule has 0 saturated carbocycles. The minimum absolute atomic E-state index is 0.268. The summed E-state index contributed by atoms with van der Waals surface area (Å²) < 4.78 is 0. The standard InChI is InChI=1S/C21H22N4O/c1-14(2)17-11-7-8-15(3)19(17)25-21-22-13-12-18(24-21)20(26)23-16-9-5-4-6-10-16/h4-14H,1-3H3,(H,23,26)(H,22,24,25). The van der Waals surface area contributed by atoms with Gasteiger partial charge in [-0.05, 0) is 42.2 Å². The molecule has 1 aromatic heterocycles. The molecule has 0 unspecified atom stereocenters. The number of hydrogen-bond acceptors (Lipinski definition) is 4. The minimum atomic E-state index is -0.268. The molecule has 3 rings (SSSR count).